The summed E-state index contributed by atoms with van der Waals surface area (Å²) in [6.07, 6.45) is 0.641. The summed E-state index contributed by atoms with van der Waals surface area (Å²) < 4.78 is 26.4. The molecule has 0 bridgehead atoms. The van der Waals surface area contributed by atoms with Crippen LogP contribution in [0.1, 0.15) is 13.3 Å². The number of rotatable bonds is 7. The smallest absolute Gasteiger partial charge is 0.241 e. The number of nitrogens with one attached hydrogen (secondary N) is 2. The fraction of sp³-hybridized carbons (Fsp3) is 0.417. The van der Waals surface area contributed by atoms with E-state index in [9.17, 15) is 13.2 Å². The highest BCUT2D eigenvalue weighted by molar-refractivity contribution is 7.89. The van der Waals surface area contributed by atoms with Crippen LogP contribution in [-0.4, -0.2) is 33.5 Å². The Balaban J connectivity index is 2.66. The van der Waals surface area contributed by atoms with Gasteiger partial charge in [-0.2, -0.15) is 4.72 Å². The van der Waals surface area contributed by atoms with Gasteiger partial charge < -0.3 is 11.1 Å². The summed E-state index contributed by atoms with van der Waals surface area (Å²) in [4.78, 5) is 11.7. The molecule has 0 radical (unpaired) electrons. The summed E-state index contributed by atoms with van der Waals surface area (Å²) in [5.74, 6) is -0.393. The molecule has 0 fully saturated rings. The zero-order valence-corrected chi connectivity index (χ0v) is 12.7. The first-order chi connectivity index (χ1) is 9.36. The molecule has 1 aromatic carbocycles. The Hall–Kier alpha value is -1.15. The van der Waals surface area contributed by atoms with E-state index in [2.05, 4.69) is 10.0 Å². The van der Waals surface area contributed by atoms with Gasteiger partial charge in [-0.05, 0) is 44.2 Å². The Morgan fingerprint density at radius 2 is 1.95 bits per heavy atom. The van der Waals surface area contributed by atoms with Crippen molar-refractivity contribution in [1.29, 1.82) is 0 Å². The molecular weight excluding hydrogens is 302 g/mol. The molecule has 8 heteroatoms. The molecule has 0 saturated heterocycles. The predicted octanol–water partition coefficient (Wildman–Crippen LogP) is 0.472. The van der Waals surface area contributed by atoms with Gasteiger partial charge >= 0.3 is 0 Å². The van der Waals surface area contributed by atoms with Crippen LogP contribution >= 0.6 is 11.6 Å². The highest BCUT2D eigenvalue weighted by atomic mass is 35.5. The molecule has 0 aliphatic rings. The second-order valence-electron chi connectivity index (χ2n) is 4.23. The number of sulfonamides is 1. The third kappa shape index (κ3) is 5.09. The van der Waals surface area contributed by atoms with Crippen LogP contribution in [0, 0.1) is 0 Å². The maximum Gasteiger partial charge on any atom is 0.241 e. The summed E-state index contributed by atoms with van der Waals surface area (Å²) in [5, 5.41) is 3.04. The van der Waals surface area contributed by atoms with Crippen LogP contribution in [0.25, 0.3) is 0 Å². The number of carbonyl (C=O) groups is 1. The lowest BCUT2D eigenvalue weighted by Gasteiger charge is -2.14. The number of carbonyl (C=O) groups excluding carboxylic acids is 1. The highest BCUT2D eigenvalue weighted by Gasteiger charge is 2.21. The standard InChI is InChI=1S/C12H18ClN3O3S/c1-9(12(17)15-8-2-7-14)16-20(18,19)11-5-3-10(13)4-6-11/h3-6,9,16H,2,7-8,14H2,1H3,(H,15,17). The maximum atomic E-state index is 12.0. The van der Waals surface area contributed by atoms with E-state index in [4.69, 9.17) is 17.3 Å². The first-order valence-electron chi connectivity index (χ1n) is 6.12. The molecule has 1 rings (SSSR count). The van der Waals surface area contributed by atoms with Crippen LogP contribution in [0.15, 0.2) is 29.2 Å². The van der Waals surface area contributed by atoms with E-state index >= 15 is 0 Å². The van der Waals surface area contributed by atoms with E-state index in [1.54, 1.807) is 0 Å². The molecule has 1 atom stereocenters. The van der Waals surface area contributed by atoms with Crippen LogP contribution in [0.2, 0.25) is 5.02 Å². The molecule has 1 unspecified atom stereocenters. The topological polar surface area (TPSA) is 101 Å². The van der Waals surface area contributed by atoms with Gasteiger partial charge in [-0.1, -0.05) is 11.6 Å². The van der Waals surface area contributed by atoms with Crippen molar-refractivity contribution in [2.45, 2.75) is 24.3 Å². The van der Waals surface area contributed by atoms with Crippen LogP contribution in [0.3, 0.4) is 0 Å². The fourth-order valence-corrected chi connectivity index (χ4v) is 2.76. The highest BCUT2D eigenvalue weighted by Crippen LogP contribution is 2.14. The first kappa shape index (κ1) is 16.9. The Labute approximate surface area is 123 Å². The van der Waals surface area contributed by atoms with Crippen molar-refractivity contribution in [1.82, 2.24) is 10.0 Å². The predicted molar refractivity (Wildman–Crippen MR) is 77.9 cm³/mol. The molecule has 112 valence electrons. The van der Waals surface area contributed by atoms with Crippen LogP contribution < -0.4 is 15.8 Å². The molecular formula is C12H18ClN3O3S. The fourth-order valence-electron chi connectivity index (χ4n) is 1.43. The monoisotopic (exact) mass is 319 g/mol. The van der Waals surface area contributed by atoms with Gasteiger partial charge in [-0.15, -0.1) is 0 Å². The van der Waals surface area contributed by atoms with Gasteiger partial charge in [0.05, 0.1) is 10.9 Å². The number of hydrogen-bond donors (Lipinski definition) is 3. The van der Waals surface area contributed by atoms with Gasteiger partial charge in [0.25, 0.3) is 0 Å². The summed E-state index contributed by atoms with van der Waals surface area (Å²) in [6.45, 7) is 2.36. The molecule has 6 nitrogen and oxygen atoms in total. The summed E-state index contributed by atoms with van der Waals surface area (Å²) >= 11 is 5.70. The summed E-state index contributed by atoms with van der Waals surface area (Å²) in [7, 11) is -3.75. The maximum absolute atomic E-state index is 12.0. The van der Waals surface area contributed by atoms with E-state index in [1.165, 1.54) is 31.2 Å². The minimum atomic E-state index is -3.75. The van der Waals surface area contributed by atoms with Crippen LogP contribution in [-0.2, 0) is 14.8 Å². The van der Waals surface area contributed by atoms with Crippen molar-refractivity contribution >= 4 is 27.5 Å². The van der Waals surface area contributed by atoms with Crippen molar-refractivity contribution < 1.29 is 13.2 Å². The molecule has 1 aromatic rings. The van der Waals surface area contributed by atoms with E-state index in [-0.39, 0.29) is 4.90 Å². The SMILES string of the molecule is CC(NS(=O)(=O)c1ccc(Cl)cc1)C(=O)NCCCN. The van der Waals surface area contributed by atoms with Crippen LogP contribution in [0.4, 0.5) is 0 Å². The van der Waals surface area contributed by atoms with Crippen molar-refractivity contribution in [3.05, 3.63) is 29.3 Å². The van der Waals surface area contributed by atoms with Crippen molar-refractivity contribution in [3.63, 3.8) is 0 Å². The van der Waals surface area contributed by atoms with Gasteiger partial charge in [0.2, 0.25) is 15.9 Å². The van der Waals surface area contributed by atoms with Gasteiger partial charge in [0.1, 0.15) is 0 Å². The summed E-state index contributed by atoms with van der Waals surface area (Å²) in [6, 6.07) is 4.84. The van der Waals surface area contributed by atoms with E-state index in [0.29, 0.717) is 24.5 Å². The number of amides is 1. The molecule has 0 aliphatic carbocycles. The average Bonchev–Trinajstić information content (AvgIpc) is 2.38. The van der Waals surface area contributed by atoms with Crippen molar-refractivity contribution in [2.75, 3.05) is 13.1 Å². The second-order valence-corrected chi connectivity index (χ2v) is 6.38. The zero-order chi connectivity index (χ0) is 15.2. The molecule has 20 heavy (non-hydrogen) atoms. The lowest BCUT2D eigenvalue weighted by Crippen LogP contribution is -2.45. The van der Waals surface area contributed by atoms with E-state index in [0.717, 1.165) is 0 Å². The van der Waals surface area contributed by atoms with Gasteiger partial charge in [0, 0.05) is 11.6 Å². The van der Waals surface area contributed by atoms with Gasteiger partial charge in [-0.25, -0.2) is 8.42 Å². The Bertz CT molecular complexity index is 546. The lowest BCUT2D eigenvalue weighted by atomic mass is 10.3. The number of benzene rings is 1. The molecule has 0 heterocycles. The second kappa shape index (κ2) is 7.58. The lowest BCUT2D eigenvalue weighted by molar-refractivity contribution is -0.122. The van der Waals surface area contributed by atoms with Crippen molar-refractivity contribution in [2.24, 2.45) is 5.73 Å². The number of hydrogen-bond acceptors (Lipinski definition) is 4. The number of nitrogens with two attached hydrogens (primary N) is 1. The van der Waals surface area contributed by atoms with Gasteiger partial charge in [0.15, 0.2) is 0 Å². The largest absolute Gasteiger partial charge is 0.355 e. The third-order valence-electron chi connectivity index (χ3n) is 2.53. The van der Waals surface area contributed by atoms with E-state index < -0.39 is 22.0 Å². The third-order valence-corrected chi connectivity index (χ3v) is 4.34. The molecule has 0 saturated carbocycles. The van der Waals surface area contributed by atoms with Crippen molar-refractivity contribution in [3.8, 4) is 0 Å². The Kier molecular flexibility index (Phi) is 6.41. The van der Waals surface area contributed by atoms with E-state index in [1.807, 2.05) is 0 Å². The molecule has 0 spiro atoms. The zero-order valence-electron chi connectivity index (χ0n) is 11.1. The average molecular weight is 320 g/mol. The molecule has 1 amide bonds. The quantitative estimate of drug-likeness (QED) is 0.636. The minimum absolute atomic E-state index is 0.0588. The number of halogens is 1. The van der Waals surface area contributed by atoms with Gasteiger partial charge in [-0.3, -0.25) is 4.79 Å². The molecule has 4 N–H and O–H groups in total. The summed E-state index contributed by atoms with van der Waals surface area (Å²) in [5.41, 5.74) is 5.31. The Morgan fingerprint density at radius 1 is 1.35 bits per heavy atom. The normalized spacial score (nSPS) is 12.9. The Morgan fingerprint density at radius 3 is 2.50 bits per heavy atom. The molecule has 0 aromatic heterocycles. The first-order valence-corrected chi connectivity index (χ1v) is 7.98. The molecule has 0 aliphatic heterocycles. The minimum Gasteiger partial charge on any atom is -0.355 e. The van der Waals surface area contributed by atoms with Crippen LogP contribution in [0.5, 0.6) is 0 Å².